The number of primary amides is 1. The summed E-state index contributed by atoms with van der Waals surface area (Å²) in [6.07, 6.45) is 11.2. The summed E-state index contributed by atoms with van der Waals surface area (Å²) in [4.78, 5) is 194. The van der Waals surface area contributed by atoms with Crippen LogP contribution >= 0.6 is 0 Å². The SMILES string of the molecule is C=CCC1CC1(NC(=O)[C@@H](CO)NC(=O)C1(NC(=O)C(CO)NC(=O)C2(NC(C)=O)CC2CCCCCCC)CC1C(C)C)C(=O)N(C)C(CC(C)C)C(=O)NC1(C(=O)N[C@H](CCCCCCCC)C(=O)NC2(C(=O)NCC(=O)NC3(C(N)=O)CC3C(C)C)CC2C(=O)O)CC1C(=O)O. The van der Waals surface area contributed by atoms with Gasteiger partial charge in [-0.3, -0.25) is 67.1 Å². The summed E-state index contributed by atoms with van der Waals surface area (Å²) < 4.78 is 0. The molecule has 12 amide bonds. The maximum absolute atomic E-state index is 15.1. The maximum atomic E-state index is 15.1. The number of amides is 12. The van der Waals surface area contributed by atoms with E-state index in [0.29, 0.717) is 25.7 Å². The number of likely N-dealkylation sites (N-methyl/N-ethyl adjacent to an activating group) is 1. The molecule has 6 rings (SSSR count). The van der Waals surface area contributed by atoms with Crippen molar-refractivity contribution < 1.29 is 87.5 Å². The molecule has 0 radical (unpaired) electrons. The molecule has 0 aromatic heterocycles. The highest BCUT2D eigenvalue weighted by Crippen LogP contribution is 2.52. The number of hydrogen-bond acceptors (Lipinski definition) is 16. The first-order valence-electron chi connectivity index (χ1n) is 35.5. The van der Waals surface area contributed by atoms with Crippen LogP contribution in [0.15, 0.2) is 12.7 Å². The van der Waals surface area contributed by atoms with Gasteiger partial charge in [-0.1, -0.05) is 132 Å². The van der Waals surface area contributed by atoms with Crippen molar-refractivity contribution in [1.82, 2.24) is 58.1 Å². The fraction of sp³-hybridized carbons (Fsp3) is 0.768. The number of allylic oxidation sites excluding steroid dienone is 1. The van der Waals surface area contributed by atoms with E-state index in [1.54, 1.807) is 27.7 Å². The molecule has 0 aliphatic heterocycles. The monoisotopic (exact) mass is 1390 g/mol. The summed E-state index contributed by atoms with van der Waals surface area (Å²) in [6.45, 7) is 17.4. The highest BCUT2D eigenvalue weighted by atomic mass is 16.4. The van der Waals surface area contributed by atoms with E-state index in [9.17, 15) is 82.8 Å². The van der Waals surface area contributed by atoms with Crippen LogP contribution in [-0.4, -0.2) is 192 Å². The predicted molar refractivity (Wildman–Crippen MR) is 359 cm³/mol. The van der Waals surface area contributed by atoms with Crippen molar-refractivity contribution in [2.24, 2.45) is 59.0 Å². The molecule has 30 heteroatoms. The highest BCUT2D eigenvalue weighted by molar-refractivity contribution is 6.07. The van der Waals surface area contributed by atoms with Crippen molar-refractivity contribution in [3.63, 3.8) is 0 Å². The average Bonchev–Trinajstić information content (AvgIpc) is 1.58. The van der Waals surface area contributed by atoms with E-state index in [4.69, 9.17) is 5.73 Å². The first-order chi connectivity index (χ1) is 46.5. The molecule has 0 aromatic rings. The number of nitrogens with two attached hydrogens (primary N) is 1. The number of carbonyl (C=O) groups is 14. The quantitative estimate of drug-likeness (QED) is 0.0289. The lowest BCUT2D eigenvalue weighted by molar-refractivity contribution is -0.146. The van der Waals surface area contributed by atoms with E-state index in [-0.39, 0.29) is 68.1 Å². The van der Waals surface area contributed by atoms with Crippen LogP contribution in [-0.2, 0) is 67.1 Å². The lowest BCUT2D eigenvalue weighted by atomic mass is 9.99. The Morgan fingerprint density at radius 3 is 1.44 bits per heavy atom. The zero-order chi connectivity index (χ0) is 73.9. The fourth-order valence-corrected chi connectivity index (χ4v) is 14.7. The molecule has 6 saturated carbocycles. The van der Waals surface area contributed by atoms with Gasteiger partial charge in [-0.05, 0) is 106 Å². The van der Waals surface area contributed by atoms with Crippen LogP contribution in [0.4, 0.5) is 0 Å². The van der Waals surface area contributed by atoms with Crippen LogP contribution in [0.3, 0.4) is 0 Å². The van der Waals surface area contributed by atoms with Gasteiger partial charge in [-0.25, -0.2) is 0 Å². The number of hydrogen-bond donors (Lipinski definition) is 15. The minimum atomic E-state index is -2.22. The van der Waals surface area contributed by atoms with Gasteiger partial charge in [0.2, 0.25) is 70.9 Å². The van der Waals surface area contributed by atoms with Crippen LogP contribution in [0.5, 0.6) is 0 Å². The van der Waals surface area contributed by atoms with E-state index in [1.807, 2.05) is 20.8 Å². The van der Waals surface area contributed by atoms with Gasteiger partial charge in [-0.2, -0.15) is 0 Å². The predicted octanol–water partition coefficient (Wildman–Crippen LogP) is 0.338. The Hall–Kier alpha value is -7.76. The minimum Gasteiger partial charge on any atom is -0.481 e. The Balaban J connectivity index is 1.17. The Labute approximate surface area is 579 Å². The summed E-state index contributed by atoms with van der Waals surface area (Å²) in [7, 11) is 1.28. The molecular weight excluding hydrogens is 1280 g/mol. The van der Waals surface area contributed by atoms with Crippen molar-refractivity contribution in [2.45, 2.75) is 255 Å². The van der Waals surface area contributed by atoms with Gasteiger partial charge in [0.05, 0.1) is 31.6 Å². The number of carboxylic acids is 2. The maximum Gasteiger partial charge on any atom is 0.309 e. The van der Waals surface area contributed by atoms with Crippen LogP contribution < -0.4 is 58.9 Å². The first kappa shape index (κ1) is 80.2. The molecule has 99 heavy (non-hydrogen) atoms. The smallest absolute Gasteiger partial charge is 0.309 e. The molecule has 0 saturated heterocycles. The minimum absolute atomic E-state index is 0.0138. The number of nitrogens with zero attached hydrogens (tertiary/aromatic N) is 1. The third-order valence-electron chi connectivity index (χ3n) is 21.3. The summed E-state index contributed by atoms with van der Waals surface area (Å²) in [5, 5.41) is 67.7. The van der Waals surface area contributed by atoms with Gasteiger partial charge >= 0.3 is 11.9 Å². The van der Waals surface area contributed by atoms with Crippen LogP contribution in [0.2, 0.25) is 0 Å². The Morgan fingerprint density at radius 1 is 0.525 bits per heavy atom. The molecule has 0 aromatic carbocycles. The topological polar surface area (TPSA) is 469 Å². The van der Waals surface area contributed by atoms with E-state index < -0.39 is 196 Å². The second kappa shape index (κ2) is 33.1. The van der Waals surface area contributed by atoms with E-state index in [0.717, 1.165) is 62.7 Å². The Kier molecular flexibility index (Phi) is 26.9. The average molecular weight is 1400 g/mol. The molecule has 0 spiro atoms. The van der Waals surface area contributed by atoms with E-state index in [2.05, 4.69) is 66.7 Å². The highest BCUT2D eigenvalue weighted by Gasteiger charge is 2.70. The molecule has 6 fully saturated rings. The number of aliphatic carboxylic acids is 2. The standard InChI is InChI=1S/C69H110N12O18/c1-12-15-17-19-21-23-26-47(52(86)78-68(32-45(68)56(90)91)59(95)71-34-51(85)76-66(58(70)94)30-43(66)38(6)7)72-62(98)69(33-46(69)57(92)93)80-55(89)50(27-37(4)5)81(11)63(99)65(29-41(65)24-14-3)77-53(87)48(35-82)74-61(97)67(31-44(67)39(8)9)79-54(88)49(36-83)73-60(96)64(75-40(10)84)28-42(64)25-22-20-18-16-13-2/h14,37-39,41-50,82-83H,3,12-13,15-36H2,1-2,4-11H3,(H2,70,94)(H,71,95)(H,72,98)(H,73,96)(H,74,97)(H,75,84)(H,76,85)(H,77,87)(H,78,86)(H,79,88)(H,80,89)(H,90,91)(H,92,93)/t41?,42?,43?,44?,45?,46?,47-,48-,49?,50?,64?,65?,66?,67?,68?,69?/m1/s1. The number of carboxylic acid groups (broad SMARTS) is 2. The molecule has 0 bridgehead atoms. The molecule has 0 heterocycles. The molecule has 16 N–H and O–H groups in total. The van der Waals surface area contributed by atoms with Crippen molar-refractivity contribution in [3.05, 3.63) is 12.7 Å². The third kappa shape index (κ3) is 18.4. The van der Waals surface area contributed by atoms with Crippen molar-refractivity contribution in [1.29, 1.82) is 0 Å². The molecule has 6 aliphatic carbocycles. The largest absolute Gasteiger partial charge is 0.481 e. The van der Waals surface area contributed by atoms with Gasteiger partial charge in [0.1, 0.15) is 57.4 Å². The Morgan fingerprint density at radius 2 is 0.970 bits per heavy atom. The number of nitrogens with one attached hydrogen (secondary N) is 10. The molecule has 30 nitrogen and oxygen atoms in total. The number of aliphatic hydroxyl groups is 2. The Bertz CT molecular complexity index is 3090. The van der Waals surface area contributed by atoms with Crippen LogP contribution in [0, 0.1) is 53.3 Å². The molecular formula is C69H110N12O18. The fourth-order valence-electron chi connectivity index (χ4n) is 14.7. The summed E-state index contributed by atoms with van der Waals surface area (Å²) >= 11 is 0. The van der Waals surface area contributed by atoms with Gasteiger partial charge in [0, 0.05) is 14.0 Å². The van der Waals surface area contributed by atoms with Gasteiger partial charge < -0.3 is 84.2 Å². The normalized spacial score (nSPS) is 29.2. The summed E-state index contributed by atoms with van der Waals surface area (Å²) in [5.74, 6) is -18.7. The van der Waals surface area contributed by atoms with Gasteiger partial charge in [-0.15, -0.1) is 6.58 Å². The number of unbranched alkanes of at least 4 members (excludes halogenated alkanes) is 9. The van der Waals surface area contributed by atoms with Crippen LogP contribution in [0.25, 0.3) is 0 Å². The zero-order valence-corrected chi connectivity index (χ0v) is 59.3. The van der Waals surface area contributed by atoms with E-state index in [1.165, 1.54) is 20.0 Å². The number of carbonyl (C=O) groups excluding carboxylic acids is 12. The van der Waals surface area contributed by atoms with Crippen LogP contribution in [0.1, 0.15) is 197 Å². The van der Waals surface area contributed by atoms with Crippen molar-refractivity contribution in [2.75, 3.05) is 26.8 Å². The summed E-state index contributed by atoms with van der Waals surface area (Å²) in [5.41, 5.74) is -4.81. The van der Waals surface area contributed by atoms with Gasteiger partial charge in [0.15, 0.2) is 0 Å². The van der Waals surface area contributed by atoms with Crippen molar-refractivity contribution in [3.8, 4) is 0 Å². The van der Waals surface area contributed by atoms with Gasteiger partial charge in [0.25, 0.3) is 0 Å². The molecule has 6 aliphatic rings. The van der Waals surface area contributed by atoms with Crippen molar-refractivity contribution >= 4 is 82.8 Å². The molecule has 16 atom stereocenters. The molecule has 554 valence electrons. The first-order valence-corrected chi connectivity index (χ1v) is 35.5. The number of aliphatic hydroxyl groups excluding tert-OH is 2. The second-order valence-corrected chi connectivity index (χ2v) is 30.0. The molecule has 14 unspecified atom stereocenters. The lowest BCUT2D eigenvalue weighted by Gasteiger charge is -2.34. The lowest BCUT2D eigenvalue weighted by Crippen LogP contribution is -2.64. The second-order valence-electron chi connectivity index (χ2n) is 30.0. The third-order valence-corrected chi connectivity index (χ3v) is 21.3. The number of rotatable bonds is 45. The summed E-state index contributed by atoms with van der Waals surface area (Å²) in [6, 6.07) is -6.31. The van der Waals surface area contributed by atoms with E-state index >= 15 is 4.79 Å². The zero-order valence-electron chi connectivity index (χ0n) is 59.3.